The molecule has 0 bridgehead atoms. The molecule has 0 aliphatic rings. The predicted octanol–water partition coefficient (Wildman–Crippen LogP) is 0.423. The Hall–Kier alpha value is -1.10. The molecule has 0 fully saturated rings. The maximum absolute atomic E-state index is 5.43. The molecular weight excluding hydrogens is 208 g/mol. The van der Waals surface area contributed by atoms with E-state index < -0.39 is 0 Å². The molecule has 0 aliphatic carbocycles. The van der Waals surface area contributed by atoms with Crippen molar-refractivity contribution in [2.75, 3.05) is 0 Å². The number of amidine groups is 1. The number of hydrazone groups is 1. The molecule has 5 heteroatoms. The van der Waals surface area contributed by atoms with E-state index in [0.717, 1.165) is 4.47 Å². The molecule has 1 aromatic rings. The van der Waals surface area contributed by atoms with E-state index in [1.165, 1.54) is 0 Å². The van der Waals surface area contributed by atoms with Crippen LogP contribution in [0.4, 0.5) is 0 Å². The first-order chi connectivity index (χ1) is 5.25. The summed E-state index contributed by atoms with van der Waals surface area (Å²) in [5.74, 6) is 5.19. The summed E-state index contributed by atoms with van der Waals surface area (Å²) in [6, 6.07) is 3.61. The molecule has 1 heterocycles. The van der Waals surface area contributed by atoms with Gasteiger partial charge >= 0.3 is 0 Å². The van der Waals surface area contributed by atoms with Crippen LogP contribution in [-0.4, -0.2) is 10.8 Å². The summed E-state index contributed by atoms with van der Waals surface area (Å²) in [4.78, 5) is 3.97. The first-order valence-corrected chi connectivity index (χ1v) is 3.69. The van der Waals surface area contributed by atoms with Crippen molar-refractivity contribution >= 4 is 21.8 Å². The number of pyridine rings is 1. The normalized spacial score (nSPS) is 11.5. The summed E-state index contributed by atoms with van der Waals surface area (Å²) in [5.41, 5.74) is 5.99. The molecule has 1 aromatic heterocycles. The van der Waals surface area contributed by atoms with Gasteiger partial charge in [0.05, 0.1) is 0 Å². The number of hydrogen-bond donors (Lipinski definition) is 2. The lowest BCUT2D eigenvalue weighted by molar-refractivity contribution is 1.18. The molecule has 1 rings (SSSR count). The maximum Gasteiger partial charge on any atom is 0.170 e. The van der Waals surface area contributed by atoms with Crippen molar-refractivity contribution in [2.45, 2.75) is 0 Å². The summed E-state index contributed by atoms with van der Waals surface area (Å²) in [6.07, 6.45) is 1.62. The van der Waals surface area contributed by atoms with Crippen LogP contribution in [0.5, 0.6) is 0 Å². The monoisotopic (exact) mass is 214 g/mol. The minimum Gasteiger partial charge on any atom is -0.380 e. The van der Waals surface area contributed by atoms with Crippen LogP contribution in [0.25, 0.3) is 0 Å². The van der Waals surface area contributed by atoms with E-state index >= 15 is 0 Å². The van der Waals surface area contributed by atoms with Gasteiger partial charge < -0.3 is 11.6 Å². The third kappa shape index (κ3) is 1.68. The Kier molecular flexibility index (Phi) is 2.43. The highest BCUT2D eigenvalue weighted by atomic mass is 79.9. The van der Waals surface area contributed by atoms with Crippen LogP contribution in [-0.2, 0) is 0 Å². The molecule has 0 radical (unpaired) electrons. The molecule has 4 N–H and O–H groups in total. The first kappa shape index (κ1) is 8.00. The quantitative estimate of drug-likeness (QED) is 0.308. The molecule has 4 nitrogen and oxygen atoms in total. The minimum absolute atomic E-state index is 0.220. The van der Waals surface area contributed by atoms with E-state index in [2.05, 4.69) is 26.0 Å². The van der Waals surface area contributed by atoms with E-state index in [-0.39, 0.29) is 5.84 Å². The van der Waals surface area contributed by atoms with Crippen molar-refractivity contribution in [3.05, 3.63) is 28.5 Å². The van der Waals surface area contributed by atoms with E-state index in [1.807, 2.05) is 6.07 Å². The Morgan fingerprint density at radius 3 is 2.91 bits per heavy atom. The summed E-state index contributed by atoms with van der Waals surface area (Å²) < 4.78 is 0.784. The van der Waals surface area contributed by atoms with Crippen molar-refractivity contribution in [3.8, 4) is 0 Å². The van der Waals surface area contributed by atoms with Crippen LogP contribution in [0.3, 0.4) is 0 Å². The zero-order valence-electron chi connectivity index (χ0n) is 5.66. The van der Waals surface area contributed by atoms with Gasteiger partial charge in [-0.2, -0.15) is 5.10 Å². The van der Waals surface area contributed by atoms with Crippen molar-refractivity contribution in [1.82, 2.24) is 4.98 Å². The second kappa shape index (κ2) is 3.34. The van der Waals surface area contributed by atoms with Gasteiger partial charge in [0, 0.05) is 10.7 Å². The molecule has 0 aromatic carbocycles. The van der Waals surface area contributed by atoms with E-state index in [1.54, 1.807) is 12.3 Å². The minimum atomic E-state index is 0.220. The smallest absolute Gasteiger partial charge is 0.170 e. The Labute approximate surface area is 72.4 Å². The lowest BCUT2D eigenvalue weighted by Crippen LogP contribution is -2.17. The van der Waals surface area contributed by atoms with Crippen molar-refractivity contribution in [1.29, 1.82) is 0 Å². The zero-order valence-corrected chi connectivity index (χ0v) is 7.25. The Balaban J connectivity index is 3.14. The summed E-state index contributed by atoms with van der Waals surface area (Å²) in [5, 5.41) is 3.32. The molecular formula is C6H7BrN4. The molecule has 0 atom stereocenters. The van der Waals surface area contributed by atoms with Gasteiger partial charge in [-0.05, 0) is 28.1 Å². The lowest BCUT2D eigenvalue weighted by Gasteiger charge is -1.98. The number of aromatic nitrogens is 1. The van der Waals surface area contributed by atoms with E-state index in [4.69, 9.17) is 11.6 Å². The summed E-state index contributed by atoms with van der Waals surface area (Å²) in [7, 11) is 0. The van der Waals surface area contributed by atoms with Gasteiger partial charge in [0.15, 0.2) is 5.84 Å². The molecule has 0 unspecified atom stereocenters. The van der Waals surface area contributed by atoms with E-state index in [0.29, 0.717) is 5.69 Å². The number of halogens is 1. The van der Waals surface area contributed by atoms with E-state index in [9.17, 15) is 0 Å². The largest absolute Gasteiger partial charge is 0.380 e. The lowest BCUT2D eigenvalue weighted by atomic mass is 10.3. The van der Waals surface area contributed by atoms with Crippen molar-refractivity contribution in [2.24, 2.45) is 16.7 Å². The molecule has 0 amide bonds. The standard InChI is InChI=1S/C6H7BrN4/c7-4-2-1-3-10-5(4)6(8)11-9/h1-3H,9H2,(H2,8,11). The average molecular weight is 215 g/mol. The fourth-order valence-corrected chi connectivity index (χ4v) is 1.09. The Bertz CT molecular complexity index is 284. The SMILES string of the molecule is NN=C(N)c1ncccc1Br. The second-order valence-electron chi connectivity index (χ2n) is 1.85. The number of rotatable bonds is 1. The van der Waals surface area contributed by atoms with Gasteiger partial charge in [0.2, 0.25) is 0 Å². The predicted molar refractivity (Wildman–Crippen MR) is 46.8 cm³/mol. The second-order valence-corrected chi connectivity index (χ2v) is 2.70. The van der Waals surface area contributed by atoms with Gasteiger partial charge in [-0.15, -0.1) is 0 Å². The highest BCUT2D eigenvalue weighted by molar-refractivity contribution is 9.10. The van der Waals surface area contributed by atoms with Crippen LogP contribution in [0.2, 0.25) is 0 Å². The highest BCUT2D eigenvalue weighted by Crippen LogP contribution is 2.11. The van der Waals surface area contributed by atoms with Crippen LogP contribution in [0.1, 0.15) is 5.69 Å². The van der Waals surface area contributed by atoms with Gasteiger partial charge in [0.25, 0.3) is 0 Å². The number of nitrogens with zero attached hydrogens (tertiary/aromatic N) is 2. The van der Waals surface area contributed by atoms with Crippen molar-refractivity contribution < 1.29 is 0 Å². The van der Waals surface area contributed by atoms with Crippen LogP contribution >= 0.6 is 15.9 Å². The van der Waals surface area contributed by atoms with Crippen LogP contribution in [0.15, 0.2) is 27.9 Å². The van der Waals surface area contributed by atoms with Gasteiger partial charge in [0.1, 0.15) is 5.69 Å². The molecule has 0 saturated carbocycles. The van der Waals surface area contributed by atoms with Crippen molar-refractivity contribution in [3.63, 3.8) is 0 Å². The van der Waals surface area contributed by atoms with Gasteiger partial charge in [-0.25, -0.2) is 0 Å². The summed E-state index contributed by atoms with van der Waals surface area (Å²) >= 11 is 3.26. The fourth-order valence-electron chi connectivity index (χ4n) is 0.635. The third-order valence-corrected chi connectivity index (χ3v) is 1.78. The topological polar surface area (TPSA) is 77.3 Å². The molecule has 11 heavy (non-hydrogen) atoms. The van der Waals surface area contributed by atoms with Gasteiger partial charge in [-0.1, -0.05) is 0 Å². The third-order valence-electron chi connectivity index (χ3n) is 1.14. The average Bonchev–Trinajstić information content (AvgIpc) is 2.04. The Morgan fingerprint density at radius 1 is 1.64 bits per heavy atom. The molecule has 58 valence electrons. The fraction of sp³-hybridized carbons (Fsp3) is 0. The van der Waals surface area contributed by atoms with Crippen LogP contribution in [0, 0.1) is 0 Å². The first-order valence-electron chi connectivity index (χ1n) is 2.90. The molecule has 0 spiro atoms. The number of hydrogen-bond acceptors (Lipinski definition) is 3. The zero-order chi connectivity index (χ0) is 8.27. The van der Waals surface area contributed by atoms with Crippen LogP contribution < -0.4 is 11.6 Å². The highest BCUT2D eigenvalue weighted by Gasteiger charge is 2.02. The maximum atomic E-state index is 5.43. The summed E-state index contributed by atoms with van der Waals surface area (Å²) in [6.45, 7) is 0. The van der Waals surface area contributed by atoms with Gasteiger partial charge in [-0.3, -0.25) is 4.98 Å². The molecule has 0 aliphatic heterocycles. The molecule has 0 saturated heterocycles. The number of nitrogens with two attached hydrogens (primary N) is 2. The Morgan fingerprint density at radius 2 is 2.36 bits per heavy atom.